The third kappa shape index (κ3) is 6.26. The van der Waals surface area contributed by atoms with Crippen LogP contribution >= 0.6 is 0 Å². The topological polar surface area (TPSA) is 47.9 Å². The van der Waals surface area contributed by atoms with Gasteiger partial charge in [-0.25, -0.2) is 0 Å². The Morgan fingerprint density at radius 2 is 1.49 bits per heavy atom. The minimum absolute atomic E-state index is 0.0492. The van der Waals surface area contributed by atoms with Crippen molar-refractivity contribution in [3.8, 4) is 5.75 Å². The predicted octanol–water partition coefficient (Wildman–Crippen LogP) is 7.06. The highest BCUT2D eigenvalue weighted by Gasteiger charge is 2.29. The number of fused-ring (bicyclic) bond motifs is 1. The van der Waals surface area contributed by atoms with Crippen molar-refractivity contribution < 1.29 is 27.5 Å². The number of benzene rings is 4. The molecule has 4 aromatic carbocycles. The Labute approximate surface area is 200 Å². The summed E-state index contributed by atoms with van der Waals surface area (Å²) in [5.74, 6) is 0.426. The zero-order chi connectivity index (χ0) is 24.8. The average molecular weight is 477 g/mol. The largest absolute Gasteiger partial charge is 0.485 e. The SMILES string of the molecule is CC(=NOCc1ccc(C(F)(F)F)cc1)c1ccc(OCC(=O)c2ccc3ccccc3c2)cc1. The number of nitrogens with zero attached hydrogens (tertiary/aromatic N) is 1. The molecule has 0 saturated heterocycles. The summed E-state index contributed by atoms with van der Waals surface area (Å²) < 4.78 is 43.5. The molecule has 0 amide bonds. The summed E-state index contributed by atoms with van der Waals surface area (Å²) in [6.45, 7) is 1.72. The fraction of sp³-hybridized carbons (Fsp3) is 0.143. The highest BCUT2D eigenvalue weighted by molar-refractivity contribution is 6.01. The molecule has 7 heteroatoms. The van der Waals surface area contributed by atoms with Crippen LogP contribution in [0, 0.1) is 0 Å². The van der Waals surface area contributed by atoms with E-state index in [0.29, 0.717) is 22.6 Å². The highest BCUT2D eigenvalue weighted by Crippen LogP contribution is 2.29. The third-order valence-electron chi connectivity index (χ3n) is 5.43. The minimum Gasteiger partial charge on any atom is -0.485 e. The van der Waals surface area contributed by atoms with Crippen LogP contribution < -0.4 is 4.74 Å². The van der Waals surface area contributed by atoms with Crippen LogP contribution in [-0.2, 0) is 17.6 Å². The van der Waals surface area contributed by atoms with E-state index in [1.54, 1.807) is 37.3 Å². The van der Waals surface area contributed by atoms with Crippen molar-refractivity contribution in [2.24, 2.45) is 5.16 Å². The maximum Gasteiger partial charge on any atom is 0.416 e. The average Bonchev–Trinajstić information content (AvgIpc) is 2.87. The van der Waals surface area contributed by atoms with E-state index in [9.17, 15) is 18.0 Å². The van der Waals surface area contributed by atoms with Crippen LogP contribution in [-0.4, -0.2) is 18.1 Å². The number of ether oxygens (including phenoxy) is 1. The van der Waals surface area contributed by atoms with Gasteiger partial charge in [0.25, 0.3) is 0 Å². The van der Waals surface area contributed by atoms with Crippen LogP contribution in [0.15, 0.2) is 96.2 Å². The fourth-order valence-electron chi connectivity index (χ4n) is 3.43. The smallest absolute Gasteiger partial charge is 0.416 e. The van der Waals surface area contributed by atoms with Gasteiger partial charge in [-0.2, -0.15) is 13.2 Å². The molecule has 0 aromatic heterocycles. The van der Waals surface area contributed by atoms with E-state index >= 15 is 0 Å². The summed E-state index contributed by atoms with van der Waals surface area (Å²) >= 11 is 0. The standard InChI is InChI=1S/C28H22F3NO3/c1-19(32-35-17-20-6-12-25(13-7-20)28(29,30)31)21-10-14-26(15-11-21)34-18-27(33)24-9-8-22-4-2-3-5-23(22)16-24/h2-16H,17-18H2,1H3. The summed E-state index contributed by atoms with van der Waals surface area (Å²) in [5.41, 5.74) is 1.84. The summed E-state index contributed by atoms with van der Waals surface area (Å²) in [5, 5.41) is 6.10. The first kappa shape index (κ1) is 24.0. The van der Waals surface area contributed by atoms with Gasteiger partial charge in [0.1, 0.15) is 12.4 Å². The van der Waals surface area contributed by atoms with Gasteiger partial charge in [0, 0.05) is 5.56 Å². The Hall–Kier alpha value is -4.13. The van der Waals surface area contributed by atoms with Crippen LogP contribution in [0.4, 0.5) is 13.2 Å². The molecule has 4 rings (SSSR count). The molecule has 4 aromatic rings. The first-order valence-corrected chi connectivity index (χ1v) is 10.9. The second-order valence-electron chi connectivity index (χ2n) is 7.94. The van der Waals surface area contributed by atoms with Gasteiger partial charge in [-0.15, -0.1) is 0 Å². The summed E-state index contributed by atoms with van der Waals surface area (Å²) in [4.78, 5) is 17.8. The number of carbonyl (C=O) groups excluding carboxylic acids is 1. The molecule has 0 aliphatic heterocycles. The summed E-state index contributed by atoms with van der Waals surface area (Å²) in [6, 6.07) is 25.2. The lowest BCUT2D eigenvalue weighted by molar-refractivity contribution is -0.137. The lowest BCUT2D eigenvalue weighted by Gasteiger charge is -2.08. The molecule has 0 bridgehead atoms. The van der Waals surface area contributed by atoms with Crippen molar-refractivity contribution in [1.82, 2.24) is 0 Å². The number of rotatable bonds is 8. The van der Waals surface area contributed by atoms with Gasteiger partial charge in [0.2, 0.25) is 0 Å². The van der Waals surface area contributed by atoms with Crippen LogP contribution in [0.5, 0.6) is 5.75 Å². The number of oxime groups is 1. The number of ketones is 1. The van der Waals surface area contributed by atoms with Crippen molar-refractivity contribution >= 4 is 22.3 Å². The van der Waals surface area contributed by atoms with Crippen molar-refractivity contribution in [3.63, 3.8) is 0 Å². The molecule has 178 valence electrons. The molecule has 0 atom stereocenters. The molecule has 0 N–H and O–H groups in total. The lowest BCUT2D eigenvalue weighted by atomic mass is 10.0. The molecule has 4 nitrogen and oxygen atoms in total. The predicted molar refractivity (Wildman–Crippen MR) is 129 cm³/mol. The molecular formula is C28H22F3NO3. The van der Waals surface area contributed by atoms with E-state index in [-0.39, 0.29) is 19.0 Å². The number of Topliss-reactive ketones (excluding diaryl/α,β-unsaturated/α-hetero) is 1. The second-order valence-corrected chi connectivity index (χ2v) is 7.94. The van der Waals surface area contributed by atoms with Crippen molar-refractivity contribution in [3.05, 3.63) is 113 Å². The third-order valence-corrected chi connectivity index (χ3v) is 5.43. The normalized spacial score (nSPS) is 11.9. The van der Waals surface area contributed by atoms with Crippen LogP contribution in [0.1, 0.15) is 34.0 Å². The van der Waals surface area contributed by atoms with E-state index < -0.39 is 11.7 Å². The molecule has 0 radical (unpaired) electrons. The molecule has 0 saturated carbocycles. The number of carbonyl (C=O) groups is 1. The maximum absolute atomic E-state index is 12.6. The first-order chi connectivity index (χ1) is 16.8. The van der Waals surface area contributed by atoms with Crippen molar-refractivity contribution in [2.75, 3.05) is 6.61 Å². The zero-order valence-electron chi connectivity index (χ0n) is 18.9. The molecule has 0 aliphatic carbocycles. The Balaban J connectivity index is 1.29. The number of hydrogen-bond acceptors (Lipinski definition) is 4. The van der Waals surface area contributed by atoms with Crippen LogP contribution in [0.2, 0.25) is 0 Å². The second kappa shape index (κ2) is 10.4. The van der Waals surface area contributed by atoms with Gasteiger partial charge in [0.05, 0.1) is 11.3 Å². The zero-order valence-corrected chi connectivity index (χ0v) is 18.9. The van der Waals surface area contributed by atoms with Gasteiger partial charge < -0.3 is 9.57 Å². The van der Waals surface area contributed by atoms with E-state index in [1.807, 2.05) is 36.4 Å². The monoisotopic (exact) mass is 477 g/mol. The maximum atomic E-state index is 12.6. The number of hydrogen-bond donors (Lipinski definition) is 0. The molecule has 0 spiro atoms. The lowest BCUT2D eigenvalue weighted by Crippen LogP contribution is -2.11. The van der Waals surface area contributed by atoms with Gasteiger partial charge in [-0.3, -0.25) is 4.79 Å². The number of alkyl halides is 3. The molecular weight excluding hydrogens is 455 g/mol. The van der Waals surface area contributed by atoms with Gasteiger partial charge >= 0.3 is 6.18 Å². The summed E-state index contributed by atoms with van der Waals surface area (Å²) in [7, 11) is 0. The Morgan fingerprint density at radius 1 is 0.829 bits per heavy atom. The molecule has 0 fully saturated rings. The van der Waals surface area contributed by atoms with Gasteiger partial charge in [-0.1, -0.05) is 53.7 Å². The summed E-state index contributed by atoms with van der Waals surface area (Å²) in [6.07, 6.45) is -4.37. The van der Waals surface area contributed by atoms with E-state index in [1.165, 1.54) is 12.1 Å². The van der Waals surface area contributed by atoms with E-state index in [0.717, 1.165) is 28.5 Å². The molecule has 0 unspecified atom stereocenters. The van der Waals surface area contributed by atoms with Crippen LogP contribution in [0.25, 0.3) is 10.8 Å². The molecule has 0 heterocycles. The van der Waals surface area contributed by atoms with Gasteiger partial charge in [0.15, 0.2) is 12.4 Å². The Bertz CT molecular complexity index is 1340. The van der Waals surface area contributed by atoms with E-state index in [2.05, 4.69) is 5.16 Å². The number of halogens is 3. The molecule has 0 aliphatic rings. The van der Waals surface area contributed by atoms with E-state index in [4.69, 9.17) is 9.57 Å². The van der Waals surface area contributed by atoms with Crippen LogP contribution in [0.3, 0.4) is 0 Å². The van der Waals surface area contributed by atoms with Gasteiger partial charge in [-0.05, 0) is 71.3 Å². The molecule has 35 heavy (non-hydrogen) atoms. The Kier molecular flexibility index (Phi) is 7.15. The first-order valence-electron chi connectivity index (χ1n) is 10.9. The minimum atomic E-state index is -4.37. The van der Waals surface area contributed by atoms with Crippen molar-refractivity contribution in [2.45, 2.75) is 19.7 Å². The quantitative estimate of drug-likeness (QED) is 0.155. The van der Waals surface area contributed by atoms with Crippen molar-refractivity contribution in [1.29, 1.82) is 0 Å². The fourth-order valence-corrected chi connectivity index (χ4v) is 3.43. The highest BCUT2D eigenvalue weighted by atomic mass is 19.4. The Morgan fingerprint density at radius 3 is 2.17 bits per heavy atom.